The minimum Gasteiger partial charge on any atom is -0.487 e. The van der Waals surface area contributed by atoms with Gasteiger partial charge in [0, 0.05) is 6.54 Å². The van der Waals surface area contributed by atoms with Crippen molar-refractivity contribution in [1.29, 1.82) is 0 Å². The number of aromatic nitrogens is 2. The molecule has 1 aromatic heterocycles. The minimum atomic E-state index is 0.573. The molecule has 1 atom stereocenters. The van der Waals surface area contributed by atoms with Crippen LogP contribution in [0, 0.1) is 0 Å². The number of ether oxygens (including phenoxy) is 1. The van der Waals surface area contributed by atoms with Crippen LogP contribution in [0.1, 0.15) is 57.0 Å². The molecule has 0 spiro atoms. The Labute approximate surface area is 127 Å². The molecule has 114 valence electrons. The SMILES string of the molecule is CCc1cc(COc2ccc(C(C)CC)cc2)n(CC)n1. The summed E-state index contributed by atoms with van der Waals surface area (Å²) in [6, 6.07) is 10.6. The molecule has 2 rings (SSSR count). The fourth-order valence-electron chi connectivity index (χ4n) is 2.36. The van der Waals surface area contributed by atoms with E-state index in [9.17, 15) is 0 Å². The molecule has 21 heavy (non-hydrogen) atoms. The van der Waals surface area contributed by atoms with Crippen LogP contribution in [-0.2, 0) is 19.6 Å². The van der Waals surface area contributed by atoms with Gasteiger partial charge in [0.15, 0.2) is 0 Å². The van der Waals surface area contributed by atoms with Crippen LogP contribution in [-0.4, -0.2) is 9.78 Å². The Kier molecular flexibility index (Phi) is 5.43. The van der Waals surface area contributed by atoms with Crippen LogP contribution in [0.3, 0.4) is 0 Å². The first-order valence-electron chi connectivity index (χ1n) is 7.96. The highest BCUT2D eigenvalue weighted by atomic mass is 16.5. The summed E-state index contributed by atoms with van der Waals surface area (Å²) in [6.07, 6.45) is 2.12. The zero-order chi connectivity index (χ0) is 15.2. The second-order valence-corrected chi connectivity index (χ2v) is 5.46. The highest BCUT2D eigenvalue weighted by Gasteiger charge is 2.07. The quantitative estimate of drug-likeness (QED) is 0.746. The van der Waals surface area contributed by atoms with Gasteiger partial charge in [-0.25, -0.2) is 0 Å². The number of rotatable bonds is 7. The lowest BCUT2D eigenvalue weighted by atomic mass is 9.99. The first-order chi connectivity index (χ1) is 10.2. The molecule has 0 saturated carbocycles. The van der Waals surface area contributed by atoms with Crippen molar-refractivity contribution in [3.8, 4) is 5.75 Å². The van der Waals surface area contributed by atoms with Crippen molar-refractivity contribution in [2.45, 2.75) is 59.6 Å². The fourth-order valence-corrected chi connectivity index (χ4v) is 2.36. The smallest absolute Gasteiger partial charge is 0.130 e. The summed E-state index contributed by atoms with van der Waals surface area (Å²) in [5, 5.41) is 4.54. The van der Waals surface area contributed by atoms with E-state index < -0.39 is 0 Å². The van der Waals surface area contributed by atoms with E-state index >= 15 is 0 Å². The lowest BCUT2D eigenvalue weighted by Gasteiger charge is -2.11. The zero-order valence-electron chi connectivity index (χ0n) is 13.6. The van der Waals surface area contributed by atoms with Gasteiger partial charge in [-0.2, -0.15) is 5.10 Å². The van der Waals surface area contributed by atoms with Gasteiger partial charge in [-0.15, -0.1) is 0 Å². The van der Waals surface area contributed by atoms with E-state index in [-0.39, 0.29) is 0 Å². The van der Waals surface area contributed by atoms with Crippen LogP contribution in [0.15, 0.2) is 30.3 Å². The van der Waals surface area contributed by atoms with Crippen LogP contribution in [0.2, 0.25) is 0 Å². The lowest BCUT2D eigenvalue weighted by Crippen LogP contribution is -2.06. The molecule has 2 aromatic rings. The van der Waals surface area contributed by atoms with E-state index in [4.69, 9.17) is 4.74 Å². The van der Waals surface area contributed by atoms with Gasteiger partial charge in [-0.05, 0) is 49.4 Å². The monoisotopic (exact) mass is 286 g/mol. The van der Waals surface area contributed by atoms with E-state index in [1.165, 1.54) is 5.56 Å². The predicted octanol–water partition coefficient (Wildman–Crippen LogP) is 4.56. The molecule has 1 heterocycles. The third-order valence-corrected chi connectivity index (χ3v) is 4.02. The van der Waals surface area contributed by atoms with E-state index in [2.05, 4.69) is 63.1 Å². The van der Waals surface area contributed by atoms with Crippen molar-refractivity contribution in [3.05, 3.63) is 47.3 Å². The van der Waals surface area contributed by atoms with Crippen LogP contribution in [0.5, 0.6) is 5.75 Å². The van der Waals surface area contributed by atoms with Crippen molar-refractivity contribution in [3.63, 3.8) is 0 Å². The zero-order valence-corrected chi connectivity index (χ0v) is 13.6. The molecule has 0 aliphatic rings. The molecule has 3 nitrogen and oxygen atoms in total. The van der Waals surface area contributed by atoms with Crippen LogP contribution < -0.4 is 4.74 Å². The maximum Gasteiger partial charge on any atom is 0.130 e. The summed E-state index contributed by atoms with van der Waals surface area (Å²) in [5.74, 6) is 1.52. The molecular formula is C18H26N2O. The second kappa shape index (κ2) is 7.30. The van der Waals surface area contributed by atoms with E-state index in [0.717, 1.165) is 36.5 Å². The molecule has 0 saturated heterocycles. The molecule has 0 aliphatic carbocycles. The van der Waals surface area contributed by atoms with Gasteiger partial charge in [0.25, 0.3) is 0 Å². The van der Waals surface area contributed by atoms with E-state index in [1.807, 2.05) is 4.68 Å². The van der Waals surface area contributed by atoms with Crippen LogP contribution in [0.25, 0.3) is 0 Å². The molecule has 3 heteroatoms. The van der Waals surface area contributed by atoms with Crippen molar-refractivity contribution in [1.82, 2.24) is 9.78 Å². The van der Waals surface area contributed by atoms with Gasteiger partial charge in [0.05, 0.1) is 11.4 Å². The predicted molar refractivity (Wildman–Crippen MR) is 86.8 cm³/mol. The number of nitrogens with zero attached hydrogens (tertiary/aromatic N) is 2. The summed E-state index contributed by atoms with van der Waals surface area (Å²) < 4.78 is 7.92. The largest absolute Gasteiger partial charge is 0.487 e. The van der Waals surface area contributed by atoms with Crippen molar-refractivity contribution >= 4 is 0 Å². The van der Waals surface area contributed by atoms with Gasteiger partial charge in [-0.3, -0.25) is 4.68 Å². The second-order valence-electron chi connectivity index (χ2n) is 5.46. The molecule has 1 aromatic carbocycles. The summed E-state index contributed by atoms with van der Waals surface area (Å²) in [5.41, 5.74) is 3.64. The molecule has 0 amide bonds. The number of benzene rings is 1. The van der Waals surface area contributed by atoms with Crippen molar-refractivity contribution < 1.29 is 4.74 Å². The molecular weight excluding hydrogens is 260 g/mol. The minimum absolute atomic E-state index is 0.573. The average Bonchev–Trinajstić information content (AvgIpc) is 2.95. The highest BCUT2D eigenvalue weighted by Crippen LogP contribution is 2.22. The molecule has 1 unspecified atom stereocenters. The lowest BCUT2D eigenvalue weighted by molar-refractivity contribution is 0.292. The molecule has 0 aliphatic heterocycles. The van der Waals surface area contributed by atoms with Crippen molar-refractivity contribution in [2.24, 2.45) is 0 Å². The number of hydrogen-bond donors (Lipinski definition) is 0. The maximum absolute atomic E-state index is 5.90. The Morgan fingerprint density at radius 1 is 1.14 bits per heavy atom. The molecule has 0 bridgehead atoms. The fraction of sp³-hybridized carbons (Fsp3) is 0.500. The molecule has 0 radical (unpaired) electrons. The van der Waals surface area contributed by atoms with Crippen LogP contribution >= 0.6 is 0 Å². The van der Waals surface area contributed by atoms with Gasteiger partial charge < -0.3 is 4.74 Å². The number of hydrogen-bond acceptors (Lipinski definition) is 2. The van der Waals surface area contributed by atoms with Gasteiger partial charge >= 0.3 is 0 Å². The van der Waals surface area contributed by atoms with Gasteiger partial charge in [-0.1, -0.05) is 32.9 Å². The highest BCUT2D eigenvalue weighted by molar-refractivity contribution is 5.29. The normalized spacial score (nSPS) is 12.4. The number of aryl methyl sites for hydroxylation is 2. The average molecular weight is 286 g/mol. The van der Waals surface area contributed by atoms with Gasteiger partial charge in [0.2, 0.25) is 0 Å². The first kappa shape index (κ1) is 15.6. The maximum atomic E-state index is 5.90. The summed E-state index contributed by atoms with van der Waals surface area (Å²) in [6.45, 7) is 10.2. The summed E-state index contributed by atoms with van der Waals surface area (Å²) in [7, 11) is 0. The first-order valence-corrected chi connectivity index (χ1v) is 7.96. The summed E-state index contributed by atoms with van der Waals surface area (Å²) >= 11 is 0. The van der Waals surface area contributed by atoms with Crippen molar-refractivity contribution in [2.75, 3.05) is 0 Å². The Morgan fingerprint density at radius 3 is 2.43 bits per heavy atom. The molecule has 0 fully saturated rings. The molecule has 0 N–H and O–H groups in total. The Hall–Kier alpha value is -1.77. The topological polar surface area (TPSA) is 27.1 Å². The Bertz CT molecular complexity index is 557. The summed E-state index contributed by atoms with van der Waals surface area (Å²) in [4.78, 5) is 0. The van der Waals surface area contributed by atoms with E-state index in [1.54, 1.807) is 0 Å². The standard InChI is InChI=1S/C18H26N2O/c1-5-14(4)15-8-10-18(11-9-15)21-13-17-12-16(6-2)19-20(17)7-3/h8-12,14H,5-7,13H2,1-4H3. The van der Waals surface area contributed by atoms with Gasteiger partial charge in [0.1, 0.15) is 12.4 Å². The third kappa shape index (κ3) is 3.87. The Balaban J connectivity index is 2.01. The van der Waals surface area contributed by atoms with Crippen LogP contribution in [0.4, 0.5) is 0 Å². The third-order valence-electron chi connectivity index (χ3n) is 4.02. The van der Waals surface area contributed by atoms with E-state index in [0.29, 0.717) is 12.5 Å². The Morgan fingerprint density at radius 2 is 1.86 bits per heavy atom.